The molecule has 0 bridgehead atoms. The number of fused-ring (bicyclic) bond motifs is 1. The van der Waals surface area contributed by atoms with Crippen molar-refractivity contribution in [3.8, 4) is 5.69 Å². The number of hydrogen-bond donors (Lipinski definition) is 1. The van der Waals surface area contributed by atoms with Crippen LogP contribution < -0.4 is 0 Å². The summed E-state index contributed by atoms with van der Waals surface area (Å²) in [5, 5.41) is 16.5. The number of para-hydroxylation sites is 1. The molecule has 2 aliphatic rings. The zero-order valence-electron chi connectivity index (χ0n) is 18.0. The summed E-state index contributed by atoms with van der Waals surface area (Å²) in [6, 6.07) is 19.6. The zero-order valence-corrected chi connectivity index (χ0v) is 19.6. The standard InChI is InChI=1S/C25H20ClN5OS/c1-15-12-18(16(2)30(15)21-11-7-6-10-20(21)26)14-19-23(27)31-25(28-24(19)32)33-22(29-31)13-17-8-4-3-5-9-17/h3-12,14,27H,13H2,1-2H3/b19-14+,27-23?. The molecule has 0 saturated carbocycles. The topological polar surface area (TPSA) is 73.8 Å². The molecular formula is C25H20ClN5OS. The third-order valence-electron chi connectivity index (χ3n) is 5.56. The second-order valence-corrected chi connectivity index (χ2v) is 9.24. The van der Waals surface area contributed by atoms with Crippen LogP contribution in [0.4, 0.5) is 0 Å². The molecule has 1 N–H and O–H groups in total. The number of carbonyl (C=O) groups is 1. The predicted molar refractivity (Wildman–Crippen MR) is 135 cm³/mol. The van der Waals surface area contributed by atoms with Crippen molar-refractivity contribution >= 4 is 51.4 Å². The third-order valence-corrected chi connectivity index (χ3v) is 6.79. The van der Waals surface area contributed by atoms with Gasteiger partial charge in [-0.1, -0.05) is 54.1 Å². The van der Waals surface area contributed by atoms with E-state index in [0.717, 1.165) is 33.2 Å². The number of aryl methyl sites for hydroxylation is 1. The average molecular weight is 474 g/mol. The molecule has 2 aromatic carbocycles. The van der Waals surface area contributed by atoms with Crippen LogP contribution in [0, 0.1) is 19.3 Å². The molecule has 3 aromatic rings. The summed E-state index contributed by atoms with van der Waals surface area (Å²) in [6.07, 6.45) is 2.34. The van der Waals surface area contributed by atoms with Gasteiger partial charge in [-0.3, -0.25) is 10.2 Å². The highest BCUT2D eigenvalue weighted by Crippen LogP contribution is 2.31. The quantitative estimate of drug-likeness (QED) is 0.500. The van der Waals surface area contributed by atoms with E-state index in [0.29, 0.717) is 16.6 Å². The summed E-state index contributed by atoms with van der Waals surface area (Å²) in [6.45, 7) is 3.95. The predicted octanol–water partition coefficient (Wildman–Crippen LogP) is 5.61. The van der Waals surface area contributed by atoms with Crippen molar-refractivity contribution in [2.75, 3.05) is 0 Å². The Bertz CT molecular complexity index is 1390. The number of hydrazone groups is 1. The van der Waals surface area contributed by atoms with E-state index in [9.17, 15) is 4.79 Å². The molecule has 0 spiro atoms. The Balaban J connectivity index is 1.47. The lowest BCUT2D eigenvalue weighted by Gasteiger charge is -2.20. The molecule has 0 unspecified atom stereocenters. The number of thioether (sulfide) groups is 1. The molecule has 6 nitrogen and oxygen atoms in total. The zero-order chi connectivity index (χ0) is 23.1. The Kier molecular flexibility index (Phi) is 5.52. The maximum absolute atomic E-state index is 12.8. The smallest absolute Gasteiger partial charge is 0.283 e. The summed E-state index contributed by atoms with van der Waals surface area (Å²) in [5.74, 6) is -0.402. The lowest BCUT2D eigenvalue weighted by molar-refractivity contribution is -0.114. The lowest BCUT2D eigenvalue weighted by Crippen LogP contribution is -2.35. The number of halogens is 1. The molecule has 8 heteroatoms. The highest BCUT2D eigenvalue weighted by Gasteiger charge is 2.35. The summed E-state index contributed by atoms with van der Waals surface area (Å²) in [5.41, 5.74) is 4.93. The number of hydrogen-bond acceptors (Lipinski definition) is 4. The van der Waals surface area contributed by atoms with Crippen molar-refractivity contribution in [3.63, 3.8) is 0 Å². The van der Waals surface area contributed by atoms with Gasteiger partial charge in [0.15, 0.2) is 5.84 Å². The van der Waals surface area contributed by atoms with E-state index in [1.165, 1.54) is 16.8 Å². The van der Waals surface area contributed by atoms with E-state index in [4.69, 9.17) is 17.0 Å². The molecule has 0 radical (unpaired) electrons. The van der Waals surface area contributed by atoms with Crippen LogP contribution in [-0.4, -0.2) is 31.5 Å². The molecule has 1 aromatic heterocycles. The Hall–Kier alpha value is -3.42. The monoisotopic (exact) mass is 473 g/mol. The summed E-state index contributed by atoms with van der Waals surface area (Å²) < 4.78 is 2.04. The van der Waals surface area contributed by atoms with Gasteiger partial charge in [-0.05, 0) is 61.0 Å². The molecule has 0 aliphatic carbocycles. The number of benzene rings is 2. The number of rotatable bonds is 4. The Morgan fingerprint density at radius 2 is 1.82 bits per heavy atom. The average Bonchev–Trinajstić information content (AvgIpc) is 3.32. The first-order valence-corrected chi connectivity index (χ1v) is 11.6. The van der Waals surface area contributed by atoms with E-state index in [1.807, 2.05) is 79.1 Å². The highest BCUT2D eigenvalue weighted by molar-refractivity contribution is 8.26. The van der Waals surface area contributed by atoms with Crippen molar-refractivity contribution in [1.82, 2.24) is 9.58 Å². The van der Waals surface area contributed by atoms with Crippen LogP contribution in [0.3, 0.4) is 0 Å². The van der Waals surface area contributed by atoms with Crippen molar-refractivity contribution in [1.29, 1.82) is 5.41 Å². The van der Waals surface area contributed by atoms with Crippen molar-refractivity contribution < 1.29 is 4.79 Å². The fraction of sp³-hybridized carbons (Fsp3) is 0.120. The Labute approximate surface area is 200 Å². The lowest BCUT2D eigenvalue weighted by atomic mass is 10.1. The largest absolute Gasteiger partial charge is 0.316 e. The highest BCUT2D eigenvalue weighted by atomic mass is 35.5. The van der Waals surface area contributed by atoms with Crippen LogP contribution >= 0.6 is 23.4 Å². The summed E-state index contributed by atoms with van der Waals surface area (Å²) in [7, 11) is 0. The minimum absolute atomic E-state index is 0.0307. The minimum Gasteiger partial charge on any atom is -0.316 e. The van der Waals surface area contributed by atoms with Gasteiger partial charge in [-0.2, -0.15) is 15.1 Å². The SMILES string of the molecule is Cc1cc(/C=C2\C(=N)N3N=C(Cc4ccccc4)SC3=NC2=O)c(C)n1-c1ccccc1Cl. The number of carbonyl (C=O) groups excluding carboxylic acids is 1. The van der Waals surface area contributed by atoms with Gasteiger partial charge in [0.25, 0.3) is 5.91 Å². The maximum atomic E-state index is 12.8. The van der Waals surface area contributed by atoms with Crippen molar-refractivity contribution in [3.05, 3.63) is 93.8 Å². The maximum Gasteiger partial charge on any atom is 0.283 e. The minimum atomic E-state index is -0.433. The van der Waals surface area contributed by atoms with Crippen LogP contribution in [-0.2, 0) is 11.2 Å². The van der Waals surface area contributed by atoms with Gasteiger partial charge < -0.3 is 4.57 Å². The van der Waals surface area contributed by atoms with Gasteiger partial charge in [-0.15, -0.1) is 0 Å². The summed E-state index contributed by atoms with van der Waals surface area (Å²) >= 11 is 7.75. The fourth-order valence-corrected chi connectivity index (χ4v) is 5.11. The van der Waals surface area contributed by atoms with Crippen LogP contribution in [0.25, 0.3) is 11.8 Å². The Morgan fingerprint density at radius 1 is 1.09 bits per heavy atom. The van der Waals surface area contributed by atoms with Crippen molar-refractivity contribution in [2.24, 2.45) is 10.1 Å². The first kappa shape index (κ1) is 21.4. The van der Waals surface area contributed by atoms with Crippen LogP contribution in [0.15, 0.2) is 76.3 Å². The van der Waals surface area contributed by atoms with E-state index < -0.39 is 5.91 Å². The van der Waals surface area contributed by atoms with E-state index in [-0.39, 0.29) is 11.4 Å². The van der Waals surface area contributed by atoms with Crippen molar-refractivity contribution in [2.45, 2.75) is 20.3 Å². The van der Waals surface area contributed by atoms with Gasteiger partial charge in [0.1, 0.15) is 5.04 Å². The molecule has 2 aliphatic heterocycles. The van der Waals surface area contributed by atoms with E-state index in [1.54, 1.807) is 6.08 Å². The van der Waals surface area contributed by atoms with Gasteiger partial charge in [0, 0.05) is 17.8 Å². The number of amidine groups is 2. The molecule has 33 heavy (non-hydrogen) atoms. The van der Waals surface area contributed by atoms with Crippen LogP contribution in [0.1, 0.15) is 22.5 Å². The molecule has 0 saturated heterocycles. The third kappa shape index (κ3) is 3.94. The number of aliphatic imine (C=N–C) groups is 1. The van der Waals surface area contributed by atoms with Gasteiger partial charge in [0.05, 0.1) is 16.3 Å². The molecule has 0 atom stereocenters. The normalized spacial score (nSPS) is 16.8. The molecule has 0 fully saturated rings. The number of aromatic nitrogens is 1. The first-order chi connectivity index (χ1) is 15.9. The number of nitrogens with one attached hydrogen (secondary N) is 1. The van der Waals surface area contributed by atoms with Crippen LogP contribution in [0.2, 0.25) is 5.02 Å². The number of amides is 1. The molecule has 1 amide bonds. The molecule has 5 rings (SSSR count). The molecule has 164 valence electrons. The van der Waals surface area contributed by atoms with Gasteiger partial charge >= 0.3 is 0 Å². The second kappa shape index (κ2) is 8.50. The van der Waals surface area contributed by atoms with Crippen LogP contribution in [0.5, 0.6) is 0 Å². The van der Waals surface area contributed by atoms with Gasteiger partial charge in [-0.25, -0.2) is 0 Å². The first-order valence-electron chi connectivity index (χ1n) is 10.4. The van der Waals surface area contributed by atoms with Gasteiger partial charge in [0.2, 0.25) is 5.17 Å². The molecule has 3 heterocycles. The fourth-order valence-electron chi connectivity index (χ4n) is 3.97. The molecular weight excluding hydrogens is 454 g/mol. The van der Waals surface area contributed by atoms with E-state index >= 15 is 0 Å². The Morgan fingerprint density at radius 3 is 2.58 bits per heavy atom. The second-order valence-electron chi connectivity index (χ2n) is 7.79. The number of nitrogens with zero attached hydrogens (tertiary/aromatic N) is 4. The van der Waals surface area contributed by atoms with E-state index in [2.05, 4.69) is 10.1 Å². The summed E-state index contributed by atoms with van der Waals surface area (Å²) in [4.78, 5) is 17.0.